The zero-order chi connectivity index (χ0) is 13.1. The lowest BCUT2D eigenvalue weighted by Gasteiger charge is -2.24. The maximum atomic E-state index is 12.0. The minimum Gasteiger partial charge on any atom is -0.331 e. The Balaban J connectivity index is 2.19. The minimum atomic E-state index is 0.0776. The second kappa shape index (κ2) is 5.33. The molecular formula is C13H20N4O. The third-order valence-corrected chi connectivity index (χ3v) is 3.36. The van der Waals surface area contributed by atoms with Gasteiger partial charge in [-0.25, -0.2) is 14.8 Å². The number of urea groups is 1. The van der Waals surface area contributed by atoms with Gasteiger partial charge in [0.15, 0.2) is 0 Å². The fourth-order valence-corrected chi connectivity index (χ4v) is 2.37. The predicted octanol–water partition coefficient (Wildman–Crippen LogP) is 1.12. The van der Waals surface area contributed by atoms with Crippen LogP contribution in [0.4, 0.5) is 4.79 Å². The molecule has 5 heteroatoms. The molecule has 0 spiro atoms. The average Bonchev–Trinajstić information content (AvgIpc) is 2.59. The number of carbonyl (C=O) groups excluding carboxylic acids is 1. The van der Waals surface area contributed by atoms with Gasteiger partial charge in [0.05, 0.1) is 0 Å². The van der Waals surface area contributed by atoms with Crippen LogP contribution in [0.15, 0.2) is 6.33 Å². The van der Waals surface area contributed by atoms with Crippen LogP contribution >= 0.6 is 0 Å². The maximum absolute atomic E-state index is 12.0. The number of aromatic nitrogens is 2. The van der Waals surface area contributed by atoms with E-state index in [0.29, 0.717) is 0 Å². The van der Waals surface area contributed by atoms with Crippen LogP contribution in [0, 0.1) is 0 Å². The smallest absolute Gasteiger partial charge is 0.319 e. The summed E-state index contributed by atoms with van der Waals surface area (Å²) in [4.78, 5) is 24.2. The number of rotatable bonds is 1. The summed E-state index contributed by atoms with van der Waals surface area (Å²) in [5.41, 5.74) is 3.48. The molecule has 0 saturated heterocycles. The first-order valence-electron chi connectivity index (χ1n) is 6.41. The summed E-state index contributed by atoms with van der Waals surface area (Å²) in [6.45, 7) is 3.60. The summed E-state index contributed by atoms with van der Waals surface area (Å²) in [7, 11) is 3.58. The van der Waals surface area contributed by atoms with Gasteiger partial charge in [0.25, 0.3) is 0 Å². The summed E-state index contributed by atoms with van der Waals surface area (Å²) in [5, 5.41) is 0. The predicted molar refractivity (Wildman–Crippen MR) is 69.5 cm³/mol. The summed E-state index contributed by atoms with van der Waals surface area (Å²) in [5.74, 6) is 0. The van der Waals surface area contributed by atoms with Crippen LogP contribution in [0.3, 0.4) is 0 Å². The first-order valence-corrected chi connectivity index (χ1v) is 6.41. The van der Waals surface area contributed by atoms with E-state index in [4.69, 9.17) is 0 Å². The molecule has 2 heterocycles. The molecule has 0 atom stereocenters. The summed E-state index contributed by atoms with van der Waals surface area (Å²) >= 11 is 0. The number of hydrogen-bond acceptors (Lipinski definition) is 3. The van der Waals surface area contributed by atoms with Gasteiger partial charge in [-0.3, -0.25) is 0 Å². The molecule has 0 saturated carbocycles. The van der Waals surface area contributed by atoms with Crippen LogP contribution < -0.4 is 0 Å². The van der Waals surface area contributed by atoms with E-state index in [1.54, 1.807) is 25.3 Å². The highest BCUT2D eigenvalue weighted by atomic mass is 16.2. The van der Waals surface area contributed by atoms with E-state index >= 15 is 0 Å². The molecule has 2 amide bonds. The van der Waals surface area contributed by atoms with Crippen molar-refractivity contribution in [2.75, 3.05) is 27.2 Å². The van der Waals surface area contributed by atoms with E-state index in [0.717, 1.165) is 43.7 Å². The molecule has 0 fully saturated rings. The SMILES string of the molecule is CCc1ncnc2c1CCN(C(=O)N(C)C)CC2. The van der Waals surface area contributed by atoms with Crippen LogP contribution in [0.25, 0.3) is 0 Å². The summed E-state index contributed by atoms with van der Waals surface area (Å²) < 4.78 is 0. The van der Waals surface area contributed by atoms with Gasteiger partial charge in [-0.2, -0.15) is 0 Å². The van der Waals surface area contributed by atoms with Crippen molar-refractivity contribution < 1.29 is 4.79 Å². The molecule has 0 radical (unpaired) electrons. The van der Waals surface area contributed by atoms with Gasteiger partial charge >= 0.3 is 6.03 Å². The van der Waals surface area contributed by atoms with Crippen LogP contribution in [0.2, 0.25) is 0 Å². The summed E-state index contributed by atoms with van der Waals surface area (Å²) in [6, 6.07) is 0.0776. The number of carbonyl (C=O) groups is 1. The van der Waals surface area contributed by atoms with Crippen molar-refractivity contribution in [1.82, 2.24) is 19.8 Å². The van der Waals surface area contributed by atoms with Gasteiger partial charge in [0.2, 0.25) is 0 Å². The van der Waals surface area contributed by atoms with E-state index in [1.165, 1.54) is 5.56 Å². The van der Waals surface area contributed by atoms with Crippen molar-refractivity contribution in [2.45, 2.75) is 26.2 Å². The van der Waals surface area contributed by atoms with Crippen LogP contribution in [-0.2, 0) is 19.3 Å². The van der Waals surface area contributed by atoms with Gasteiger partial charge in [-0.05, 0) is 18.4 Å². The first kappa shape index (κ1) is 12.8. The first-order chi connectivity index (χ1) is 8.63. The van der Waals surface area contributed by atoms with Crippen LogP contribution in [-0.4, -0.2) is 53.0 Å². The van der Waals surface area contributed by atoms with Gasteiger partial charge in [0, 0.05) is 45.0 Å². The molecule has 5 nitrogen and oxygen atoms in total. The Morgan fingerprint density at radius 3 is 2.72 bits per heavy atom. The fourth-order valence-electron chi connectivity index (χ4n) is 2.37. The Hall–Kier alpha value is -1.65. The van der Waals surface area contributed by atoms with E-state index in [1.807, 2.05) is 4.90 Å². The molecule has 0 bridgehead atoms. The highest BCUT2D eigenvalue weighted by Gasteiger charge is 2.21. The zero-order valence-corrected chi connectivity index (χ0v) is 11.3. The number of nitrogens with zero attached hydrogens (tertiary/aromatic N) is 4. The fraction of sp³-hybridized carbons (Fsp3) is 0.615. The van der Waals surface area contributed by atoms with Gasteiger partial charge in [-0.15, -0.1) is 0 Å². The largest absolute Gasteiger partial charge is 0.331 e. The van der Waals surface area contributed by atoms with E-state index in [2.05, 4.69) is 16.9 Å². The summed E-state index contributed by atoms with van der Waals surface area (Å²) in [6.07, 6.45) is 4.25. The Labute approximate surface area is 108 Å². The second-order valence-electron chi connectivity index (χ2n) is 4.76. The molecule has 2 rings (SSSR count). The number of aryl methyl sites for hydroxylation is 1. The second-order valence-corrected chi connectivity index (χ2v) is 4.76. The highest BCUT2D eigenvalue weighted by molar-refractivity contribution is 5.74. The Kier molecular flexibility index (Phi) is 3.79. The molecule has 0 N–H and O–H groups in total. The Morgan fingerprint density at radius 1 is 1.33 bits per heavy atom. The van der Waals surface area contributed by atoms with Gasteiger partial charge < -0.3 is 9.80 Å². The lowest BCUT2D eigenvalue weighted by molar-refractivity contribution is 0.173. The van der Waals surface area contributed by atoms with E-state index in [-0.39, 0.29) is 6.03 Å². The van der Waals surface area contributed by atoms with Crippen molar-refractivity contribution in [3.8, 4) is 0 Å². The van der Waals surface area contributed by atoms with Crippen molar-refractivity contribution in [3.63, 3.8) is 0 Å². The number of hydrogen-bond donors (Lipinski definition) is 0. The van der Waals surface area contributed by atoms with Gasteiger partial charge in [-0.1, -0.05) is 6.92 Å². The molecule has 18 heavy (non-hydrogen) atoms. The van der Waals surface area contributed by atoms with Crippen molar-refractivity contribution in [1.29, 1.82) is 0 Å². The van der Waals surface area contributed by atoms with Crippen molar-refractivity contribution in [2.24, 2.45) is 0 Å². The normalized spacial score (nSPS) is 14.9. The Bertz CT molecular complexity index is 445. The molecule has 1 aliphatic rings. The van der Waals surface area contributed by atoms with Crippen LogP contribution in [0.1, 0.15) is 23.9 Å². The third kappa shape index (κ3) is 2.44. The quantitative estimate of drug-likeness (QED) is 0.748. The molecule has 1 aromatic rings. The molecule has 1 aromatic heterocycles. The van der Waals surface area contributed by atoms with Gasteiger partial charge in [0.1, 0.15) is 6.33 Å². The zero-order valence-electron chi connectivity index (χ0n) is 11.3. The molecule has 98 valence electrons. The molecule has 0 aliphatic carbocycles. The van der Waals surface area contributed by atoms with E-state index < -0.39 is 0 Å². The molecule has 0 aromatic carbocycles. The number of amides is 2. The van der Waals surface area contributed by atoms with Crippen molar-refractivity contribution >= 4 is 6.03 Å². The topological polar surface area (TPSA) is 49.3 Å². The third-order valence-electron chi connectivity index (χ3n) is 3.36. The monoisotopic (exact) mass is 248 g/mol. The maximum Gasteiger partial charge on any atom is 0.319 e. The average molecular weight is 248 g/mol. The minimum absolute atomic E-state index is 0.0776. The van der Waals surface area contributed by atoms with E-state index in [9.17, 15) is 4.79 Å². The highest BCUT2D eigenvalue weighted by Crippen LogP contribution is 2.17. The standard InChI is InChI=1S/C13H20N4O/c1-4-11-10-5-7-17(13(18)16(2)3)8-6-12(10)15-9-14-11/h9H,4-8H2,1-3H3. The Morgan fingerprint density at radius 2 is 2.06 bits per heavy atom. The van der Waals surface area contributed by atoms with Crippen LogP contribution in [0.5, 0.6) is 0 Å². The molecular weight excluding hydrogens is 228 g/mol. The van der Waals surface area contributed by atoms with Crippen molar-refractivity contribution in [3.05, 3.63) is 23.3 Å². The lowest BCUT2D eigenvalue weighted by atomic mass is 10.1. The number of fused-ring (bicyclic) bond motifs is 1. The lowest BCUT2D eigenvalue weighted by Crippen LogP contribution is -2.40. The molecule has 1 aliphatic heterocycles. The molecule has 0 unspecified atom stereocenters.